The maximum Gasteiger partial charge on any atom is 0.336 e. The van der Waals surface area contributed by atoms with Crippen LogP contribution in [0.2, 0.25) is 0 Å². The van der Waals surface area contributed by atoms with Gasteiger partial charge in [-0.1, -0.05) is 84.9 Å². The molecule has 2 atom stereocenters. The Morgan fingerprint density at radius 2 is 0.981 bits per heavy atom. The molecule has 0 unspecified atom stereocenters. The Morgan fingerprint density at radius 1 is 0.556 bits per heavy atom. The second-order valence-corrected chi connectivity index (χ2v) is 13.7. The molecule has 8 nitrogen and oxygen atoms in total. The van der Waals surface area contributed by atoms with Gasteiger partial charge >= 0.3 is 11.9 Å². The summed E-state index contributed by atoms with van der Waals surface area (Å²) >= 11 is 0. The van der Waals surface area contributed by atoms with Crippen LogP contribution >= 0.6 is 0 Å². The van der Waals surface area contributed by atoms with Gasteiger partial charge in [0.1, 0.15) is 11.5 Å². The Hall–Kier alpha value is -6.28. The van der Waals surface area contributed by atoms with E-state index in [1.807, 2.05) is 36.4 Å². The SMILES string of the molecule is O=C(O)c1ccncc1CC[C@@H]1CCOc2cc(-c3ccccc3)ccc21.O=C(O)c1ccncc1CC[C@H]1CCOc2cc(-c3ccccc3)ccc21. The highest BCUT2D eigenvalue weighted by molar-refractivity contribution is 5.89. The molecule has 4 aromatic carbocycles. The highest BCUT2D eigenvalue weighted by atomic mass is 16.5. The molecule has 0 saturated carbocycles. The van der Waals surface area contributed by atoms with Gasteiger partial charge in [0.05, 0.1) is 24.3 Å². The number of aromatic nitrogens is 2. The predicted octanol–water partition coefficient (Wildman–Crippen LogP) is 9.89. The topological polar surface area (TPSA) is 119 Å². The van der Waals surface area contributed by atoms with Gasteiger partial charge in [-0.15, -0.1) is 0 Å². The number of aromatic carboxylic acids is 2. The van der Waals surface area contributed by atoms with E-state index in [1.54, 1.807) is 24.5 Å². The van der Waals surface area contributed by atoms with Gasteiger partial charge in [-0.25, -0.2) is 9.59 Å². The van der Waals surface area contributed by atoms with Crippen molar-refractivity contribution in [2.75, 3.05) is 13.2 Å². The number of carboxylic acid groups (broad SMARTS) is 2. The molecule has 0 spiro atoms. The molecule has 0 bridgehead atoms. The van der Waals surface area contributed by atoms with Crippen molar-refractivity contribution < 1.29 is 29.3 Å². The molecule has 272 valence electrons. The third-order valence-electron chi connectivity index (χ3n) is 10.4. The maximum absolute atomic E-state index is 11.4. The minimum atomic E-state index is -0.896. The molecule has 2 aliphatic heterocycles. The van der Waals surface area contributed by atoms with Crippen LogP contribution in [0.3, 0.4) is 0 Å². The number of carboxylic acids is 2. The zero-order valence-corrected chi connectivity index (χ0v) is 29.9. The summed E-state index contributed by atoms with van der Waals surface area (Å²) in [4.78, 5) is 31.0. The van der Waals surface area contributed by atoms with E-state index in [2.05, 4.69) is 70.6 Å². The molecule has 0 amide bonds. The number of aryl methyl sites for hydroxylation is 2. The van der Waals surface area contributed by atoms with E-state index in [-0.39, 0.29) is 0 Å². The summed E-state index contributed by atoms with van der Waals surface area (Å²) in [6, 6.07) is 36.5. The standard InChI is InChI=1S/2C23H21NO3/c2*25-23(26)21-10-12-24-15-19(21)7-6-17-11-13-27-22-14-18(8-9-20(17)22)16-4-2-1-3-5-16/h2*1-5,8-10,12,14-15,17H,6-7,11,13H2,(H,25,26)/t2*17-/m10/s1. The van der Waals surface area contributed by atoms with Crippen molar-refractivity contribution in [3.63, 3.8) is 0 Å². The fraction of sp³-hybridized carbons (Fsp3) is 0.217. The van der Waals surface area contributed by atoms with Crippen LogP contribution in [0, 0.1) is 0 Å². The zero-order valence-electron chi connectivity index (χ0n) is 29.9. The summed E-state index contributed by atoms with van der Waals surface area (Å²) in [5.41, 5.74) is 9.33. The first-order chi connectivity index (χ1) is 26.4. The first-order valence-electron chi connectivity index (χ1n) is 18.4. The Labute approximate surface area is 315 Å². The molecule has 0 fully saturated rings. The fourth-order valence-electron chi connectivity index (χ4n) is 7.48. The predicted molar refractivity (Wildman–Crippen MR) is 208 cm³/mol. The average molecular weight is 719 g/mol. The van der Waals surface area contributed by atoms with Crippen molar-refractivity contribution in [3.05, 3.63) is 167 Å². The van der Waals surface area contributed by atoms with Crippen LogP contribution in [0.1, 0.15) is 80.5 Å². The molecule has 2 aliphatic rings. The normalized spacial score (nSPS) is 15.6. The molecule has 6 aromatic rings. The number of carbonyl (C=O) groups is 2. The molecule has 54 heavy (non-hydrogen) atoms. The summed E-state index contributed by atoms with van der Waals surface area (Å²) in [6.45, 7) is 1.38. The van der Waals surface area contributed by atoms with E-state index in [4.69, 9.17) is 9.47 Å². The lowest BCUT2D eigenvalue weighted by Gasteiger charge is -2.26. The maximum atomic E-state index is 11.4. The van der Waals surface area contributed by atoms with Gasteiger partial charge in [0.15, 0.2) is 0 Å². The lowest BCUT2D eigenvalue weighted by Crippen LogP contribution is -2.15. The molecule has 0 saturated heterocycles. The van der Waals surface area contributed by atoms with E-state index >= 15 is 0 Å². The largest absolute Gasteiger partial charge is 0.493 e. The lowest BCUT2D eigenvalue weighted by atomic mass is 9.86. The number of hydrogen-bond donors (Lipinski definition) is 2. The molecular formula is C46H42N2O6. The zero-order chi connectivity index (χ0) is 37.3. The summed E-state index contributed by atoms with van der Waals surface area (Å²) in [6.07, 6.45) is 11.4. The summed E-state index contributed by atoms with van der Waals surface area (Å²) in [7, 11) is 0. The van der Waals surface area contributed by atoms with E-state index in [0.717, 1.165) is 59.4 Å². The Kier molecular flexibility index (Phi) is 11.4. The van der Waals surface area contributed by atoms with Crippen LogP contribution in [0.4, 0.5) is 0 Å². The van der Waals surface area contributed by atoms with Gasteiger partial charge in [-0.05, 0) is 119 Å². The number of ether oxygens (including phenoxy) is 2. The molecule has 8 heteroatoms. The van der Waals surface area contributed by atoms with E-state index in [1.165, 1.54) is 34.6 Å². The van der Waals surface area contributed by atoms with Crippen molar-refractivity contribution in [1.29, 1.82) is 0 Å². The summed E-state index contributed by atoms with van der Waals surface area (Å²) in [5.74, 6) is 0.815. The van der Waals surface area contributed by atoms with E-state index < -0.39 is 11.9 Å². The van der Waals surface area contributed by atoms with Crippen LogP contribution in [0.25, 0.3) is 22.3 Å². The van der Waals surface area contributed by atoms with Crippen molar-refractivity contribution in [2.24, 2.45) is 0 Å². The molecule has 2 aromatic heterocycles. The number of nitrogens with zero attached hydrogens (tertiary/aromatic N) is 2. The third-order valence-corrected chi connectivity index (χ3v) is 10.4. The first-order valence-corrected chi connectivity index (χ1v) is 18.4. The van der Waals surface area contributed by atoms with Gasteiger partial charge in [0.25, 0.3) is 0 Å². The van der Waals surface area contributed by atoms with Crippen molar-refractivity contribution in [2.45, 2.75) is 50.4 Å². The number of rotatable bonds is 10. The van der Waals surface area contributed by atoms with Crippen LogP contribution < -0.4 is 9.47 Å². The molecular weight excluding hydrogens is 677 g/mol. The Bertz CT molecular complexity index is 2060. The monoisotopic (exact) mass is 718 g/mol. The van der Waals surface area contributed by atoms with Crippen LogP contribution in [0.5, 0.6) is 11.5 Å². The van der Waals surface area contributed by atoms with Crippen molar-refractivity contribution >= 4 is 11.9 Å². The molecule has 2 N–H and O–H groups in total. The molecule has 8 rings (SSSR count). The van der Waals surface area contributed by atoms with Crippen LogP contribution in [-0.2, 0) is 12.8 Å². The summed E-state index contributed by atoms with van der Waals surface area (Å²) < 4.78 is 11.8. The van der Waals surface area contributed by atoms with E-state index in [0.29, 0.717) is 49.0 Å². The molecule has 0 radical (unpaired) electrons. The quantitative estimate of drug-likeness (QED) is 0.144. The minimum absolute atomic E-state index is 0.344. The highest BCUT2D eigenvalue weighted by Crippen LogP contribution is 2.40. The van der Waals surface area contributed by atoms with Gasteiger partial charge in [-0.2, -0.15) is 0 Å². The first kappa shape index (κ1) is 36.1. The minimum Gasteiger partial charge on any atom is -0.493 e. The van der Waals surface area contributed by atoms with Gasteiger partial charge < -0.3 is 19.7 Å². The van der Waals surface area contributed by atoms with Gasteiger partial charge in [-0.3, -0.25) is 9.97 Å². The Balaban J connectivity index is 0.000000167. The smallest absolute Gasteiger partial charge is 0.336 e. The number of hydrogen-bond acceptors (Lipinski definition) is 6. The third kappa shape index (κ3) is 8.50. The number of benzene rings is 4. The number of fused-ring (bicyclic) bond motifs is 2. The average Bonchev–Trinajstić information content (AvgIpc) is 3.22. The number of pyridine rings is 2. The Morgan fingerprint density at radius 3 is 1.39 bits per heavy atom. The molecule has 4 heterocycles. The fourth-order valence-corrected chi connectivity index (χ4v) is 7.48. The van der Waals surface area contributed by atoms with E-state index in [9.17, 15) is 19.8 Å². The van der Waals surface area contributed by atoms with Crippen molar-refractivity contribution in [1.82, 2.24) is 9.97 Å². The van der Waals surface area contributed by atoms with Gasteiger partial charge in [0.2, 0.25) is 0 Å². The summed E-state index contributed by atoms with van der Waals surface area (Å²) in [5, 5.41) is 18.7. The van der Waals surface area contributed by atoms with Crippen LogP contribution in [0.15, 0.2) is 134 Å². The highest BCUT2D eigenvalue weighted by Gasteiger charge is 2.24. The second-order valence-electron chi connectivity index (χ2n) is 13.7. The van der Waals surface area contributed by atoms with Crippen molar-refractivity contribution in [3.8, 4) is 33.8 Å². The van der Waals surface area contributed by atoms with Gasteiger partial charge in [0, 0.05) is 24.8 Å². The van der Waals surface area contributed by atoms with Crippen LogP contribution in [-0.4, -0.2) is 45.3 Å². The lowest BCUT2D eigenvalue weighted by molar-refractivity contribution is 0.0684. The second kappa shape index (κ2) is 17.0. The molecule has 0 aliphatic carbocycles.